The molecule has 0 saturated heterocycles. The van der Waals surface area contributed by atoms with Crippen LogP contribution in [0.1, 0.15) is 55.7 Å². The second kappa shape index (κ2) is 5.91. The first kappa shape index (κ1) is 15.0. The van der Waals surface area contributed by atoms with Gasteiger partial charge in [-0.2, -0.15) is 0 Å². The third-order valence-corrected chi connectivity index (χ3v) is 3.70. The standard InChI is InChI=1S/C14H23N3O3/c1-10(2)8-20-13(18)12-11(3)17(16-15-12)9-14(19)6-4-5-7-14/h10,19H,4-9H2,1-3H3. The number of esters is 1. The van der Waals surface area contributed by atoms with Crippen LogP contribution in [0.5, 0.6) is 0 Å². The van der Waals surface area contributed by atoms with Gasteiger partial charge in [-0.15, -0.1) is 5.10 Å². The monoisotopic (exact) mass is 281 g/mol. The first-order valence-electron chi connectivity index (χ1n) is 7.21. The molecule has 1 aliphatic rings. The van der Waals surface area contributed by atoms with E-state index in [9.17, 15) is 9.90 Å². The molecule has 0 bridgehead atoms. The molecule has 1 fully saturated rings. The average Bonchev–Trinajstić information content (AvgIpc) is 2.95. The summed E-state index contributed by atoms with van der Waals surface area (Å²) in [6.45, 7) is 6.50. The summed E-state index contributed by atoms with van der Waals surface area (Å²) in [6, 6.07) is 0. The lowest BCUT2D eigenvalue weighted by Gasteiger charge is -2.22. The van der Waals surface area contributed by atoms with E-state index in [0.29, 0.717) is 18.8 Å². The fraction of sp³-hybridized carbons (Fsp3) is 0.786. The Bertz CT molecular complexity index is 476. The molecule has 1 aromatic heterocycles. The molecule has 1 heterocycles. The van der Waals surface area contributed by atoms with E-state index in [0.717, 1.165) is 25.7 Å². The highest BCUT2D eigenvalue weighted by molar-refractivity contribution is 5.88. The van der Waals surface area contributed by atoms with Gasteiger partial charge in [-0.25, -0.2) is 9.48 Å². The molecule has 112 valence electrons. The molecule has 2 rings (SSSR count). The van der Waals surface area contributed by atoms with Gasteiger partial charge in [0.25, 0.3) is 0 Å². The van der Waals surface area contributed by atoms with Crippen molar-refractivity contribution in [2.24, 2.45) is 5.92 Å². The molecule has 1 saturated carbocycles. The molecule has 1 aliphatic carbocycles. The van der Waals surface area contributed by atoms with E-state index < -0.39 is 11.6 Å². The van der Waals surface area contributed by atoms with Crippen molar-refractivity contribution in [1.82, 2.24) is 15.0 Å². The van der Waals surface area contributed by atoms with Gasteiger partial charge in [0.05, 0.1) is 24.4 Å². The Morgan fingerprint density at radius 3 is 2.70 bits per heavy atom. The lowest BCUT2D eigenvalue weighted by Crippen LogP contribution is -2.31. The molecule has 0 atom stereocenters. The van der Waals surface area contributed by atoms with Crippen LogP contribution in [0.3, 0.4) is 0 Å². The van der Waals surface area contributed by atoms with Crippen molar-refractivity contribution in [2.45, 2.75) is 58.6 Å². The summed E-state index contributed by atoms with van der Waals surface area (Å²) < 4.78 is 6.77. The van der Waals surface area contributed by atoms with Gasteiger partial charge in [0, 0.05) is 0 Å². The van der Waals surface area contributed by atoms with Crippen LogP contribution < -0.4 is 0 Å². The lowest BCUT2D eigenvalue weighted by molar-refractivity contribution is 0.0253. The molecular weight excluding hydrogens is 258 g/mol. The zero-order chi connectivity index (χ0) is 14.8. The van der Waals surface area contributed by atoms with Crippen LogP contribution in [-0.4, -0.2) is 38.3 Å². The van der Waals surface area contributed by atoms with Gasteiger partial charge in [0.1, 0.15) is 0 Å². The summed E-state index contributed by atoms with van der Waals surface area (Å²) >= 11 is 0. The molecule has 0 amide bonds. The molecule has 0 spiro atoms. The molecule has 6 heteroatoms. The number of carbonyl (C=O) groups excluding carboxylic acids is 1. The molecule has 0 aliphatic heterocycles. The summed E-state index contributed by atoms with van der Waals surface area (Å²) in [7, 11) is 0. The molecule has 0 radical (unpaired) electrons. The maximum Gasteiger partial charge on any atom is 0.360 e. The summed E-state index contributed by atoms with van der Waals surface area (Å²) in [6.07, 6.45) is 3.62. The SMILES string of the molecule is Cc1c(C(=O)OCC(C)C)nnn1CC1(O)CCCC1. The average molecular weight is 281 g/mol. The molecule has 1 N–H and O–H groups in total. The number of ether oxygens (including phenoxy) is 1. The van der Waals surface area contributed by atoms with Crippen LogP contribution in [-0.2, 0) is 11.3 Å². The second-order valence-corrected chi connectivity index (χ2v) is 6.10. The number of rotatable bonds is 5. The summed E-state index contributed by atoms with van der Waals surface area (Å²) in [5.41, 5.74) is 0.184. The molecule has 0 aromatic carbocycles. The first-order chi connectivity index (χ1) is 9.41. The zero-order valence-electron chi connectivity index (χ0n) is 12.4. The second-order valence-electron chi connectivity index (χ2n) is 6.10. The predicted molar refractivity (Wildman–Crippen MR) is 73.3 cm³/mol. The largest absolute Gasteiger partial charge is 0.461 e. The highest BCUT2D eigenvalue weighted by Gasteiger charge is 2.33. The lowest BCUT2D eigenvalue weighted by atomic mass is 10.0. The predicted octanol–water partition coefficient (Wildman–Crippen LogP) is 1.70. The van der Waals surface area contributed by atoms with E-state index in [1.807, 2.05) is 13.8 Å². The van der Waals surface area contributed by atoms with E-state index in [4.69, 9.17) is 4.74 Å². The number of carbonyl (C=O) groups is 1. The molecule has 6 nitrogen and oxygen atoms in total. The van der Waals surface area contributed by atoms with Crippen LogP contribution in [0, 0.1) is 12.8 Å². The summed E-state index contributed by atoms with van der Waals surface area (Å²) in [5.74, 6) is -0.158. The van der Waals surface area contributed by atoms with Crippen molar-refractivity contribution < 1.29 is 14.6 Å². The van der Waals surface area contributed by atoms with Crippen molar-refractivity contribution in [3.63, 3.8) is 0 Å². The van der Waals surface area contributed by atoms with Gasteiger partial charge in [-0.3, -0.25) is 0 Å². The maximum atomic E-state index is 11.9. The third-order valence-electron chi connectivity index (χ3n) is 3.70. The Labute approximate surface area is 119 Å². The van der Waals surface area contributed by atoms with Gasteiger partial charge in [-0.05, 0) is 25.7 Å². The van der Waals surface area contributed by atoms with Crippen LogP contribution in [0.4, 0.5) is 0 Å². The number of hydrogen-bond donors (Lipinski definition) is 1. The van der Waals surface area contributed by atoms with Gasteiger partial charge >= 0.3 is 5.97 Å². The van der Waals surface area contributed by atoms with E-state index in [1.54, 1.807) is 11.6 Å². The Balaban J connectivity index is 2.04. The van der Waals surface area contributed by atoms with Crippen molar-refractivity contribution in [1.29, 1.82) is 0 Å². The number of aromatic nitrogens is 3. The minimum absolute atomic E-state index is 0.243. The molecule has 20 heavy (non-hydrogen) atoms. The van der Waals surface area contributed by atoms with Crippen molar-refractivity contribution in [3.8, 4) is 0 Å². The van der Waals surface area contributed by atoms with E-state index >= 15 is 0 Å². The van der Waals surface area contributed by atoms with E-state index in [2.05, 4.69) is 10.3 Å². The molecule has 0 unspecified atom stereocenters. The van der Waals surface area contributed by atoms with Gasteiger partial charge in [-0.1, -0.05) is 31.9 Å². The maximum absolute atomic E-state index is 11.9. The van der Waals surface area contributed by atoms with Crippen molar-refractivity contribution >= 4 is 5.97 Å². The van der Waals surface area contributed by atoms with Crippen LogP contribution >= 0.6 is 0 Å². The molecule has 1 aromatic rings. The van der Waals surface area contributed by atoms with Gasteiger partial charge in [0.15, 0.2) is 5.69 Å². The minimum atomic E-state index is -0.711. The third kappa shape index (κ3) is 3.36. The van der Waals surface area contributed by atoms with Crippen molar-refractivity contribution in [2.75, 3.05) is 6.61 Å². The number of hydrogen-bond acceptors (Lipinski definition) is 5. The summed E-state index contributed by atoms with van der Waals surface area (Å²) in [4.78, 5) is 11.9. The first-order valence-corrected chi connectivity index (χ1v) is 7.21. The highest BCUT2D eigenvalue weighted by Crippen LogP contribution is 2.31. The Morgan fingerprint density at radius 1 is 1.45 bits per heavy atom. The van der Waals surface area contributed by atoms with Crippen LogP contribution in [0.15, 0.2) is 0 Å². The minimum Gasteiger partial charge on any atom is -0.461 e. The fourth-order valence-corrected chi connectivity index (χ4v) is 2.48. The number of nitrogens with zero attached hydrogens (tertiary/aromatic N) is 3. The quantitative estimate of drug-likeness (QED) is 0.831. The normalized spacial score (nSPS) is 17.6. The highest BCUT2D eigenvalue weighted by atomic mass is 16.5. The van der Waals surface area contributed by atoms with Crippen LogP contribution in [0.25, 0.3) is 0 Å². The fourth-order valence-electron chi connectivity index (χ4n) is 2.48. The van der Waals surface area contributed by atoms with Gasteiger partial charge in [0.2, 0.25) is 0 Å². The smallest absolute Gasteiger partial charge is 0.360 e. The van der Waals surface area contributed by atoms with E-state index in [-0.39, 0.29) is 11.6 Å². The Morgan fingerprint density at radius 2 is 2.10 bits per heavy atom. The van der Waals surface area contributed by atoms with E-state index in [1.165, 1.54) is 0 Å². The topological polar surface area (TPSA) is 77.2 Å². The molecular formula is C14H23N3O3. The number of aliphatic hydroxyl groups is 1. The Hall–Kier alpha value is -1.43. The zero-order valence-corrected chi connectivity index (χ0v) is 12.4. The van der Waals surface area contributed by atoms with Crippen molar-refractivity contribution in [3.05, 3.63) is 11.4 Å². The summed E-state index contributed by atoms with van der Waals surface area (Å²) in [5, 5.41) is 18.3. The van der Waals surface area contributed by atoms with Gasteiger partial charge < -0.3 is 9.84 Å². The van der Waals surface area contributed by atoms with Crippen LogP contribution in [0.2, 0.25) is 0 Å². The Kier molecular flexibility index (Phi) is 4.42.